The summed E-state index contributed by atoms with van der Waals surface area (Å²) >= 11 is 0. The average Bonchev–Trinajstić information content (AvgIpc) is 2.25. The molecule has 2 unspecified atom stereocenters. The van der Waals surface area contributed by atoms with E-state index in [2.05, 4.69) is 33.0 Å². The van der Waals surface area contributed by atoms with E-state index in [1.165, 1.54) is 0 Å². The van der Waals surface area contributed by atoms with Crippen LogP contribution in [0.1, 0.15) is 61.3 Å². The summed E-state index contributed by atoms with van der Waals surface area (Å²) in [6, 6.07) is 0.788. The molecule has 0 saturated carbocycles. The maximum Gasteiger partial charge on any atom is 0.410 e. The molecule has 1 fully saturated rings. The highest BCUT2D eigenvalue weighted by Crippen LogP contribution is 2.21. The third-order valence-electron chi connectivity index (χ3n) is 3.86. The maximum atomic E-state index is 12.1. The molecule has 4 nitrogen and oxygen atoms in total. The monoisotopic (exact) mass is 284 g/mol. The van der Waals surface area contributed by atoms with Gasteiger partial charge in [0.2, 0.25) is 0 Å². The van der Waals surface area contributed by atoms with Crippen molar-refractivity contribution >= 4 is 6.09 Å². The molecule has 0 aromatic heterocycles. The van der Waals surface area contributed by atoms with Gasteiger partial charge in [-0.2, -0.15) is 0 Å². The van der Waals surface area contributed by atoms with Crippen molar-refractivity contribution in [3.8, 4) is 0 Å². The van der Waals surface area contributed by atoms with Crippen LogP contribution in [-0.4, -0.2) is 41.8 Å². The number of hydrogen-bond acceptors (Lipinski definition) is 3. The summed E-state index contributed by atoms with van der Waals surface area (Å²) in [5.41, 5.74) is -0.190. The third kappa shape index (κ3) is 5.70. The van der Waals surface area contributed by atoms with Crippen molar-refractivity contribution in [2.45, 2.75) is 79.0 Å². The molecule has 0 spiro atoms. The van der Waals surface area contributed by atoms with E-state index < -0.39 is 5.60 Å². The van der Waals surface area contributed by atoms with Crippen molar-refractivity contribution in [2.75, 3.05) is 13.1 Å². The van der Waals surface area contributed by atoms with E-state index in [0.717, 1.165) is 25.9 Å². The number of hydrogen-bond donors (Lipinski definition) is 1. The van der Waals surface area contributed by atoms with Crippen molar-refractivity contribution in [3.63, 3.8) is 0 Å². The smallest absolute Gasteiger partial charge is 0.410 e. The molecule has 1 rings (SSSR count). The Hall–Kier alpha value is -0.770. The van der Waals surface area contributed by atoms with Crippen LogP contribution in [0.5, 0.6) is 0 Å². The quantitative estimate of drug-likeness (QED) is 0.845. The standard InChI is InChI=1S/C16H32N2O2/c1-12(15(2,3)4)17-13-9-8-10-18(11-13)14(19)20-16(5,6)7/h12-13,17H,8-11H2,1-7H3. The van der Waals surface area contributed by atoms with E-state index in [9.17, 15) is 4.79 Å². The predicted molar refractivity (Wildman–Crippen MR) is 82.9 cm³/mol. The normalized spacial score (nSPS) is 22.6. The lowest BCUT2D eigenvalue weighted by Crippen LogP contribution is -2.53. The molecular weight excluding hydrogens is 252 g/mol. The maximum absolute atomic E-state index is 12.1. The number of nitrogens with one attached hydrogen (secondary N) is 1. The predicted octanol–water partition coefficient (Wildman–Crippen LogP) is 3.41. The Balaban J connectivity index is 2.52. The van der Waals surface area contributed by atoms with Crippen LogP contribution in [0.25, 0.3) is 0 Å². The molecule has 0 radical (unpaired) electrons. The van der Waals surface area contributed by atoms with Crippen LogP contribution < -0.4 is 5.32 Å². The van der Waals surface area contributed by atoms with Gasteiger partial charge in [-0.3, -0.25) is 0 Å². The van der Waals surface area contributed by atoms with Gasteiger partial charge >= 0.3 is 6.09 Å². The molecule has 1 aliphatic heterocycles. The zero-order valence-electron chi connectivity index (χ0n) is 14.2. The van der Waals surface area contributed by atoms with E-state index in [-0.39, 0.29) is 11.5 Å². The third-order valence-corrected chi connectivity index (χ3v) is 3.86. The number of amides is 1. The zero-order chi connectivity index (χ0) is 15.6. The summed E-state index contributed by atoms with van der Waals surface area (Å²) in [5.74, 6) is 0. The highest BCUT2D eigenvalue weighted by molar-refractivity contribution is 5.68. The topological polar surface area (TPSA) is 41.6 Å². The van der Waals surface area contributed by atoms with Gasteiger partial charge in [0.05, 0.1) is 0 Å². The fourth-order valence-electron chi connectivity index (χ4n) is 2.21. The summed E-state index contributed by atoms with van der Waals surface area (Å²) in [6.45, 7) is 16.2. The van der Waals surface area contributed by atoms with Crippen LogP contribution in [0.2, 0.25) is 0 Å². The first-order valence-corrected chi connectivity index (χ1v) is 7.73. The fraction of sp³-hybridized carbons (Fsp3) is 0.938. The van der Waals surface area contributed by atoms with Crippen LogP contribution in [-0.2, 0) is 4.74 Å². The van der Waals surface area contributed by atoms with Crippen LogP contribution in [0, 0.1) is 5.41 Å². The fourth-order valence-corrected chi connectivity index (χ4v) is 2.21. The number of rotatable bonds is 2. The number of carbonyl (C=O) groups is 1. The molecular formula is C16H32N2O2. The highest BCUT2D eigenvalue weighted by Gasteiger charge is 2.30. The molecule has 1 aliphatic rings. The van der Waals surface area contributed by atoms with E-state index in [1.54, 1.807) is 0 Å². The van der Waals surface area contributed by atoms with Gasteiger partial charge in [0.1, 0.15) is 5.60 Å². The molecule has 1 amide bonds. The number of piperidine rings is 1. The lowest BCUT2D eigenvalue weighted by Gasteiger charge is -2.38. The summed E-state index contributed by atoms with van der Waals surface area (Å²) in [4.78, 5) is 14.0. The second-order valence-corrected chi connectivity index (χ2v) is 8.02. The lowest BCUT2D eigenvalue weighted by atomic mass is 9.87. The average molecular weight is 284 g/mol. The van der Waals surface area contributed by atoms with Crippen molar-refractivity contribution in [2.24, 2.45) is 5.41 Å². The molecule has 2 atom stereocenters. The van der Waals surface area contributed by atoms with Crippen molar-refractivity contribution in [1.29, 1.82) is 0 Å². The number of carbonyl (C=O) groups excluding carboxylic acids is 1. The molecule has 0 bridgehead atoms. The first-order valence-electron chi connectivity index (χ1n) is 7.73. The van der Waals surface area contributed by atoms with Gasteiger partial charge in [-0.05, 0) is 46.0 Å². The van der Waals surface area contributed by atoms with Gasteiger partial charge in [0, 0.05) is 25.2 Å². The highest BCUT2D eigenvalue weighted by atomic mass is 16.6. The van der Waals surface area contributed by atoms with E-state index in [4.69, 9.17) is 4.74 Å². The summed E-state index contributed by atoms with van der Waals surface area (Å²) in [5, 5.41) is 3.66. The van der Waals surface area contributed by atoms with Gasteiger partial charge in [0.15, 0.2) is 0 Å². The molecule has 20 heavy (non-hydrogen) atoms. The summed E-state index contributed by atoms with van der Waals surface area (Å²) < 4.78 is 5.46. The van der Waals surface area contributed by atoms with Crippen LogP contribution >= 0.6 is 0 Å². The molecule has 0 aromatic carbocycles. The largest absolute Gasteiger partial charge is 0.444 e. The van der Waals surface area contributed by atoms with Crippen molar-refractivity contribution in [1.82, 2.24) is 10.2 Å². The number of ether oxygens (including phenoxy) is 1. The van der Waals surface area contributed by atoms with Crippen LogP contribution in [0.15, 0.2) is 0 Å². The first-order chi connectivity index (χ1) is 8.99. The van der Waals surface area contributed by atoms with Gasteiger partial charge in [-0.1, -0.05) is 20.8 Å². The minimum atomic E-state index is -0.420. The zero-order valence-corrected chi connectivity index (χ0v) is 14.2. The van der Waals surface area contributed by atoms with E-state index in [0.29, 0.717) is 12.1 Å². The molecule has 0 aliphatic carbocycles. The Morgan fingerprint density at radius 2 is 1.85 bits per heavy atom. The van der Waals surface area contributed by atoms with Crippen LogP contribution in [0.3, 0.4) is 0 Å². The Morgan fingerprint density at radius 1 is 1.25 bits per heavy atom. The molecule has 0 aromatic rings. The molecule has 4 heteroatoms. The van der Waals surface area contributed by atoms with Gasteiger partial charge < -0.3 is 15.0 Å². The minimum Gasteiger partial charge on any atom is -0.444 e. The minimum absolute atomic E-state index is 0.188. The van der Waals surface area contributed by atoms with Crippen molar-refractivity contribution in [3.05, 3.63) is 0 Å². The van der Waals surface area contributed by atoms with E-state index >= 15 is 0 Å². The lowest BCUT2D eigenvalue weighted by molar-refractivity contribution is 0.0178. The number of likely N-dealkylation sites (tertiary alicyclic amines) is 1. The Labute approximate surface area is 124 Å². The van der Waals surface area contributed by atoms with Crippen LogP contribution in [0.4, 0.5) is 4.79 Å². The summed E-state index contributed by atoms with van der Waals surface area (Å²) in [6.07, 6.45) is 1.97. The number of nitrogens with zero attached hydrogens (tertiary/aromatic N) is 1. The Morgan fingerprint density at radius 3 is 2.35 bits per heavy atom. The molecule has 118 valence electrons. The SMILES string of the molecule is CC(NC1CCCN(C(=O)OC(C)(C)C)C1)C(C)(C)C. The van der Waals surface area contributed by atoms with Gasteiger partial charge in [0.25, 0.3) is 0 Å². The second kappa shape index (κ2) is 6.33. The Kier molecular flexibility index (Phi) is 5.47. The van der Waals surface area contributed by atoms with Gasteiger partial charge in [-0.15, -0.1) is 0 Å². The summed E-state index contributed by atoms with van der Waals surface area (Å²) in [7, 11) is 0. The van der Waals surface area contributed by atoms with E-state index in [1.807, 2.05) is 25.7 Å². The molecule has 1 N–H and O–H groups in total. The van der Waals surface area contributed by atoms with Crippen molar-refractivity contribution < 1.29 is 9.53 Å². The first kappa shape index (κ1) is 17.3. The molecule has 1 saturated heterocycles. The molecule has 1 heterocycles. The van der Waals surface area contributed by atoms with Gasteiger partial charge in [-0.25, -0.2) is 4.79 Å². The second-order valence-electron chi connectivity index (χ2n) is 8.02. The Bertz CT molecular complexity index is 328.